The molecular formula is C65H115N2O7P. The summed E-state index contributed by atoms with van der Waals surface area (Å²) in [5.41, 5.74) is 0. The molecule has 10 heteroatoms. The van der Waals surface area contributed by atoms with Gasteiger partial charge in [-0.15, -0.1) is 0 Å². The summed E-state index contributed by atoms with van der Waals surface area (Å²) in [4.78, 5) is 40.0. The molecule has 0 heterocycles. The third kappa shape index (κ3) is 55.5. The largest absolute Gasteiger partial charge is 0.756 e. The van der Waals surface area contributed by atoms with Crippen LogP contribution < -0.4 is 10.2 Å². The van der Waals surface area contributed by atoms with Gasteiger partial charge < -0.3 is 28.5 Å². The maximum Gasteiger partial charge on any atom is 0.306 e. The average Bonchev–Trinajstić information content (AvgIpc) is 3.37. The highest BCUT2D eigenvalue weighted by molar-refractivity contribution is 7.45. The number of phosphoric acid groups is 1. The number of likely N-dealkylation sites (N-methyl/N-ethyl adjacent to an activating group) is 1. The lowest BCUT2D eigenvalue weighted by molar-refractivity contribution is -0.870. The van der Waals surface area contributed by atoms with Gasteiger partial charge in [0.15, 0.2) is 0 Å². The van der Waals surface area contributed by atoms with Crippen LogP contribution in [0.15, 0.2) is 97.2 Å². The number of hydrogen-bond acceptors (Lipinski definition) is 7. The molecule has 0 aliphatic rings. The Labute approximate surface area is 462 Å². The standard InChI is InChI=1S/C65H115N2O7P/c1-7-10-13-16-19-22-25-28-30-31-32-33-34-35-37-40-43-46-49-52-55-58-65(69)74-63(56-53-50-47-44-41-38-27-24-21-18-15-12-9-3)62(61-73-75(70,71)72-60-59-67(4,5)6)66-64(68)57-54-51-48-45-42-39-36-29-26-23-20-17-14-11-8-2/h11,14,17,19-20,22-23,26,28,30,32-33,35,37,53,56,62-63H,7-10,12-13,15-16,18,21,24-25,27,29,31,34,36,38-52,54-55,57-61H2,1-6H3,(H-,66,68,70,71)/b14-11+,20-17+,22-19-,26-23+,30-28-,33-32-,37-35-,56-53-. The first kappa shape index (κ1) is 71.9. The topological polar surface area (TPSA) is 114 Å². The van der Waals surface area contributed by atoms with Crippen molar-refractivity contribution < 1.29 is 37.3 Å². The number of carbonyl (C=O) groups excluding carboxylic acids is 2. The summed E-state index contributed by atoms with van der Waals surface area (Å²) in [5, 5.41) is 3.01. The summed E-state index contributed by atoms with van der Waals surface area (Å²) in [6, 6.07) is -0.908. The summed E-state index contributed by atoms with van der Waals surface area (Å²) in [6.45, 7) is 6.66. The van der Waals surface area contributed by atoms with E-state index >= 15 is 0 Å². The van der Waals surface area contributed by atoms with E-state index in [-0.39, 0.29) is 24.9 Å². The van der Waals surface area contributed by atoms with E-state index in [9.17, 15) is 19.0 Å². The minimum atomic E-state index is -4.71. The highest BCUT2D eigenvalue weighted by Gasteiger charge is 2.27. The molecular weight excluding hydrogens is 952 g/mol. The van der Waals surface area contributed by atoms with Crippen LogP contribution in [0.5, 0.6) is 0 Å². The molecule has 0 aromatic rings. The van der Waals surface area contributed by atoms with Gasteiger partial charge in [-0.25, -0.2) is 0 Å². The van der Waals surface area contributed by atoms with Crippen molar-refractivity contribution in [1.82, 2.24) is 5.32 Å². The molecule has 0 bridgehead atoms. The first-order valence-corrected chi connectivity index (χ1v) is 32.0. The molecule has 0 aliphatic carbocycles. The Balaban J connectivity index is 5.35. The molecule has 0 spiro atoms. The van der Waals surface area contributed by atoms with E-state index < -0.39 is 26.6 Å². The van der Waals surface area contributed by atoms with Gasteiger partial charge in [-0.1, -0.05) is 240 Å². The van der Waals surface area contributed by atoms with Crippen molar-refractivity contribution in [2.45, 2.75) is 264 Å². The van der Waals surface area contributed by atoms with Gasteiger partial charge in [0.2, 0.25) is 5.91 Å². The van der Waals surface area contributed by atoms with Crippen molar-refractivity contribution in [1.29, 1.82) is 0 Å². The van der Waals surface area contributed by atoms with Crippen LogP contribution in [0.4, 0.5) is 0 Å². The summed E-state index contributed by atoms with van der Waals surface area (Å²) in [6.07, 6.45) is 72.2. The minimum Gasteiger partial charge on any atom is -0.756 e. The normalized spacial score (nSPS) is 14.4. The molecule has 0 saturated heterocycles. The number of esters is 1. The van der Waals surface area contributed by atoms with Crippen LogP contribution in [0.3, 0.4) is 0 Å². The van der Waals surface area contributed by atoms with Crippen LogP contribution in [0.1, 0.15) is 252 Å². The predicted molar refractivity (Wildman–Crippen MR) is 321 cm³/mol. The van der Waals surface area contributed by atoms with Crippen molar-refractivity contribution in [3.63, 3.8) is 0 Å². The summed E-state index contributed by atoms with van der Waals surface area (Å²) in [7, 11) is 1.15. The number of rotatable bonds is 54. The molecule has 0 aromatic heterocycles. The smallest absolute Gasteiger partial charge is 0.306 e. The Morgan fingerprint density at radius 1 is 0.493 bits per heavy atom. The molecule has 0 fully saturated rings. The second-order valence-electron chi connectivity index (χ2n) is 21.5. The number of nitrogens with zero attached hydrogens (tertiary/aromatic N) is 1. The number of allylic oxidation sites excluding steroid dienone is 15. The van der Waals surface area contributed by atoms with E-state index in [0.29, 0.717) is 23.9 Å². The van der Waals surface area contributed by atoms with Gasteiger partial charge in [-0.2, -0.15) is 0 Å². The fourth-order valence-corrected chi connectivity index (χ4v) is 9.05. The van der Waals surface area contributed by atoms with E-state index in [4.69, 9.17) is 13.8 Å². The maximum atomic E-state index is 13.5. The van der Waals surface area contributed by atoms with Crippen LogP contribution in [0, 0.1) is 0 Å². The zero-order chi connectivity index (χ0) is 55.0. The number of amides is 1. The zero-order valence-electron chi connectivity index (χ0n) is 49.2. The molecule has 9 nitrogen and oxygen atoms in total. The van der Waals surface area contributed by atoms with Crippen LogP contribution >= 0.6 is 7.82 Å². The second kappa shape index (κ2) is 54.3. The molecule has 432 valence electrons. The van der Waals surface area contributed by atoms with Gasteiger partial charge in [0.1, 0.15) is 19.3 Å². The van der Waals surface area contributed by atoms with Crippen LogP contribution in [0.2, 0.25) is 0 Å². The summed E-state index contributed by atoms with van der Waals surface area (Å²) < 4.78 is 30.3. The maximum absolute atomic E-state index is 13.5. The molecule has 1 N–H and O–H groups in total. The summed E-state index contributed by atoms with van der Waals surface area (Å²) in [5.74, 6) is -0.579. The quantitative estimate of drug-likeness (QED) is 0.0161. The Hall–Kier alpha value is -3.07. The SMILES string of the molecule is CC/C=C/C=C/C=C/CCCCCCCCCC(=O)NC(COP(=O)([O-])OCC[N+](C)(C)C)C(/C=C\CCCCCCCCCCCCC)OC(=O)CCCCCCC/C=C\C/C=C\C/C=C\C/C=C\CCCCC. The highest BCUT2D eigenvalue weighted by atomic mass is 31.2. The number of quaternary nitrogens is 1. The number of nitrogens with one attached hydrogen (secondary N) is 1. The van der Waals surface area contributed by atoms with E-state index in [1.165, 1.54) is 103 Å². The fourth-order valence-electron chi connectivity index (χ4n) is 8.33. The molecule has 1 amide bonds. The van der Waals surface area contributed by atoms with Crippen molar-refractivity contribution in [3.05, 3.63) is 97.2 Å². The lowest BCUT2D eigenvalue weighted by Gasteiger charge is -2.30. The van der Waals surface area contributed by atoms with Crippen molar-refractivity contribution in [3.8, 4) is 0 Å². The Kier molecular flexibility index (Phi) is 52.1. The van der Waals surface area contributed by atoms with Gasteiger partial charge in [0, 0.05) is 12.8 Å². The van der Waals surface area contributed by atoms with Gasteiger partial charge in [0.05, 0.1) is 33.8 Å². The molecule has 0 saturated carbocycles. The number of hydrogen-bond donors (Lipinski definition) is 1. The van der Waals surface area contributed by atoms with Gasteiger partial charge in [-0.05, 0) is 96.0 Å². The predicted octanol–water partition coefficient (Wildman–Crippen LogP) is 18.1. The van der Waals surface area contributed by atoms with E-state index in [0.717, 1.165) is 109 Å². The Bertz CT molecular complexity index is 1610. The highest BCUT2D eigenvalue weighted by Crippen LogP contribution is 2.38. The van der Waals surface area contributed by atoms with Gasteiger partial charge in [0.25, 0.3) is 7.82 Å². The molecule has 3 unspecified atom stereocenters. The van der Waals surface area contributed by atoms with E-state index in [1.54, 1.807) is 0 Å². The third-order valence-electron chi connectivity index (χ3n) is 13.1. The Morgan fingerprint density at radius 3 is 1.41 bits per heavy atom. The molecule has 75 heavy (non-hydrogen) atoms. The molecule has 3 atom stereocenters. The molecule has 0 aromatic carbocycles. The number of carbonyl (C=O) groups is 2. The van der Waals surface area contributed by atoms with Crippen LogP contribution in [0.25, 0.3) is 0 Å². The number of phosphoric ester groups is 1. The van der Waals surface area contributed by atoms with Crippen molar-refractivity contribution >= 4 is 19.7 Å². The van der Waals surface area contributed by atoms with Crippen LogP contribution in [-0.2, 0) is 27.9 Å². The average molecular weight is 1070 g/mol. The fraction of sp³-hybridized carbons (Fsp3) is 0.723. The monoisotopic (exact) mass is 1070 g/mol. The minimum absolute atomic E-state index is 0.0328. The lowest BCUT2D eigenvalue weighted by Crippen LogP contribution is -2.47. The first-order chi connectivity index (χ1) is 36.4. The molecule has 0 radical (unpaired) electrons. The molecule has 0 rings (SSSR count). The number of ether oxygens (including phenoxy) is 1. The second-order valence-corrected chi connectivity index (χ2v) is 22.9. The molecule has 0 aliphatic heterocycles. The van der Waals surface area contributed by atoms with Crippen LogP contribution in [-0.4, -0.2) is 69.4 Å². The Morgan fingerprint density at radius 2 is 0.907 bits per heavy atom. The lowest BCUT2D eigenvalue weighted by atomic mass is 10.0. The third-order valence-corrected chi connectivity index (χ3v) is 14.0. The van der Waals surface area contributed by atoms with E-state index in [1.807, 2.05) is 33.3 Å². The van der Waals surface area contributed by atoms with Crippen molar-refractivity contribution in [2.24, 2.45) is 0 Å². The van der Waals surface area contributed by atoms with Gasteiger partial charge in [-0.3, -0.25) is 14.2 Å². The van der Waals surface area contributed by atoms with Crippen molar-refractivity contribution in [2.75, 3.05) is 40.9 Å². The summed E-state index contributed by atoms with van der Waals surface area (Å²) >= 11 is 0. The van der Waals surface area contributed by atoms with E-state index in [2.05, 4.69) is 111 Å². The number of unbranched alkanes of at least 4 members (excludes halogenated alkanes) is 26. The first-order valence-electron chi connectivity index (χ1n) is 30.6. The zero-order valence-corrected chi connectivity index (χ0v) is 50.1. The van der Waals surface area contributed by atoms with Gasteiger partial charge >= 0.3 is 5.97 Å².